The molecule has 0 saturated heterocycles. The lowest BCUT2D eigenvalue weighted by Crippen LogP contribution is -2.39. The zero-order valence-corrected chi connectivity index (χ0v) is 21.0. The molecule has 0 amide bonds. The SMILES string of the molecule is COc1ccc(C(=O)C2C=c3c(ccc4c3=CCc3ccccc3-4)C(C3=CC=CC=CN3)C2)cc1OC. The number of rotatable bonds is 5. The van der Waals surface area contributed by atoms with Gasteiger partial charge in [-0.2, -0.15) is 0 Å². The number of benzene rings is 3. The summed E-state index contributed by atoms with van der Waals surface area (Å²) in [6.07, 6.45) is 16.2. The second-order valence-electron chi connectivity index (χ2n) is 9.60. The zero-order chi connectivity index (χ0) is 25.4. The fraction of sp³-hybridized carbons (Fsp3) is 0.182. The fourth-order valence-electron chi connectivity index (χ4n) is 5.79. The summed E-state index contributed by atoms with van der Waals surface area (Å²) < 4.78 is 10.9. The van der Waals surface area contributed by atoms with Gasteiger partial charge in [0.1, 0.15) is 0 Å². The van der Waals surface area contributed by atoms with E-state index in [1.54, 1.807) is 26.4 Å². The van der Waals surface area contributed by atoms with Crippen LogP contribution in [0, 0.1) is 5.92 Å². The first-order chi connectivity index (χ1) is 18.2. The lowest BCUT2D eigenvalue weighted by atomic mass is 9.75. The van der Waals surface area contributed by atoms with Crippen molar-refractivity contribution in [2.75, 3.05) is 14.2 Å². The number of carbonyl (C=O) groups is 1. The average molecular weight is 488 g/mol. The van der Waals surface area contributed by atoms with Gasteiger partial charge in [-0.3, -0.25) is 4.79 Å². The number of fused-ring (bicyclic) bond motifs is 5. The minimum atomic E-state index is -0.272. The molecule has 0 radical (unpaired) electrons. The van der Waals surface area contributed by atoms with Crippen LogP contribution < -0.4 is 25.2 Å². The quantitative estimate of drug-likeness (QED) is 0.513. The van der Waals surface area contributed by atoms with Crippen LogP contribution in [0.1, 0.15) is 33.8 Å². The third kappa shape index (κ3) is 4.09. The summed E-state index contributed by atoms with van der Waals surface area (Å²) in [6.45, 7) is 0. The molecule has 4 nitrogen and oxygen atoms in total. The Bertz CT molecular complexity index is 1610. The van der Waals surface area contributed by atoms with E-state index in [1.807, 2.05) is 24.4 Å². The molecule has 3 aromatic carbocycles. The van der Waals surface area contributed by atoms with Crippen LogP contribution in [0.25, 0.3) is 23.3 Å². The molecule has 1 heterocycles. The molecule has 0 spiro atoms. The molecular formula is C33H29NO3. The predicted molar refractivity (Wildman–Crippen MR) is 148 cm³/mol. The van der Waals surface area contributed by atoms with E-state index in [2.05, 4.69) is 66.0 Å². The van der Waals surface area contributed by atoms with E-state index in [1.165, 1.54) is 32.7 Å². The third-order valence-corrected chi connectivity index (χ3v) is 7.61. The molecule has 2 atom stereocenters. The highest BCUT2D eigenvalue weighted by atomic mass is 16.5. The Kier molecular flexibility index (Phi) is 6.01. The Labute approximate surface area is 216 Å². The number of hydrogen-bond donors (Lipinski definition) is 1. The van der Waals surface area contributed by atoms with Crippen molar-refractivity contribution in [2.24, 2.45) is 5.92 Å². The molecule has 2 unspecified atom stereocenters. The van der Waals surface area contributed by atoms with E-state index in [4.69, 9.17) is 9.47 Å². The second kappa shape index (κ2) is 9.62. The predicted octanol–water partition coefficient (Wildman–Crippen LogP) is 5.03. The number of carbonyl (C=O) groups excluding carboxylic acids is 1. The number of nitrogens with one attached hydrogen (secondary N) is 1. The van der Waals surface area contributed by atoms with Crippen molar-refractivity contribution in [3.8, 4) is 22.6 Å². The van der Waals surface area contributed by atoms with Crippen molar-refractivity contribution in [3.63, 3.8) is 0 Å². The minimum absolute atomic E-state index is 0.0670. The lowest BCUT2D eigenvalue weighted by molar-refractivity contribution is 0.0943. The van der Waals surface area contributed by atoms with Gasteiger partial charge in [0, 0.05) is 29.3 Å². The topological polar surface area (TPSA) is 47.6 Å². The molecule has 0 aromatic heterocycles. The number of allylic oxidation sites excluding steroid dienone is 5. The number of methoxy groups -OCH3 is 2. The van der Waals surface area contributed by atoms with Gasteiger partial charge in [0.05, 0.1) is 14.2 Å². The van der Waals surface area contributed by atoms with Gasteiger partial charge in [-0.15, -0.1) is 0 Å². The normalized spacial score (nSPS) is 19.0. The maximum atomic E-state index is 13.9. The van der Waals surface area contributed by atoms with Gasteiger partial charge in [0.15, 0.2) is 17.3 Å². The molecule has 3 aromatic rings. The molecule has 1 aliphatic heterocycles. The number of ether oxygens (including phenoxy) is 2. The van der Waals surface area contributed by atoms with Crippen molar-refractivity contribution in [1.29, 1.82) is 0 Å². The lowest BCUT2D eigenvalue weighted by Gasteiger charge is -2.30. The maximum Gasteiger partial charge on any atom is 0.169 e. The number of hydrogen-bond acceptors (Lipinski definition) is 4. The zero-order valence-electron chi connectivity index (χ0n) is 21.0. The van der Waals surface area contributed by atoms with Crippen molar-refractivity contribution in [3.05, 3.63) is 118 Å². The summed E-state index contributed by atoms with van der Waals surface area (Å²) in [5.41, 5.74) is 6.83. The first-order valence-corrected chi connectivity index (χ1v) is 12.7. The van der Waals surface area contributed by atoms with Crippen LogP contribution in [-0.2, 0) is 6.42 Å². The Hall–Kier alpha value is -4.31. The van der Waals surface area contributed by atoms with Crippen LogP contribution in [0.2, 0.25) is 0 Å². The second-order valence-corrected chi connectivity index (χ2v) is 9.60. The van der Waals surface area contributed by atoms with E-state index in [9.17, 15) is 4.79 Å². The van der Waals surface area contributed by atoms with Crippen LogP contribution in [0.4, 0.5) is 0 Å². The minimum Gasteiger partial charge on any atom is -0.493 e. The largest absolute Gasteiger partial charge is 0.493 e. The molecule has 2 aliphatic carbocycles. The Morgan fingerprint density at radius 1 is 0.892 bits per heavy atom. The molecule has 3 aliphatic rings. The van der Waals surface area contributed by atoms with Gasteiger partial charge >= 0.3 is 0 Å². The number of ketones is 1. The van der Waals surface area contributed by atoms with Crippen LogP contribution in [0.5, 0.6) is 11.5 Å². The molecule has 37 heavy (non-hydrogen) atoms. The summed E-state index contributed by atoms with van der Waals surface area (Å²) in [5, 5.41) is 5.86. The van der Waals surface area contributed by atoms with Crippen molar-refractivity contribution in [2.45, 2.75) is 18.8 Å². The monoisotopic (exact) mass is 487 g/mol. The van der Waals surface area contributed by atoms with E-state index < -0.39 is 0 Å². The Morgan fingerprint density at radius 2 is 1.76 bits per heavy atom. The third-order valence-electron chi connectivity index (χ3n) is 7.61. The molecule has 0 saturated carbocycles. The summed E-state index contributed by atoms with van der Waals surface area (Å²) in [5.74, 6) is 1.06. The van der Waals surface area contributed by atoms with Crippen LogP contribution >= 0.6 is 0 Å². The summed E-state index contributed by atoms with van der Waals surface area (Å²) >= 11 is 0. The smallest absolute Gasteiger partial charge is 0.169 e. The van der Waals surface area contributed by atoms with Crippen molar-refractivity contribution in [1.82, 2.24) is 5.32 Å². The summed E-state index contributed by atoms with van der Waals surface area (Å²) in [4.78, 5) is 13.9. The van der Waals surface area contributed by atoms with Gasteiger partial charge in [0.25, 0.3) is 0 Å². The standard InChI is InChI=1S/C33H29NO3/c1-36-31-16-12-22(20-32(31)37-2)33(35)23-18-28-26-13-11-21-8-5-6-9-24(21)25(26)14-15-27(28)29(19-23)30-10-4-3-7-17-34-30/h3-10,12-18,20,23,29,34H,11,19H2,1-2H3. The first kappa shape index (κ1) is 23.1. The molecule has 1 N–H and O–H groups in total. The highest BCUT2D eigenvalue weighted by molar-refractivity contribution is 6.02. The molecule has 4 heteroatoms. The first-order valence-electron chi connectivity index (χ1n) is 12.7. The van der Waals surface area contributed by atoms with Gasteiger partial charge < -0.3 is 14.8 Å². The molecule has 0 fully saturated rings. The highest BCUT2D eigenvalue weighted by Gasteiger charge is 2.31. The van der Waals surface area contributed by atoms with E-state index in [-0.39, 0.29) is 17.6 Å². The van der Waals surface area contributed by atoms with E-state index >= 15 is 0 Å². The van der Waals surface area contributed by atoms with Crippen LogP contribution in [0.3, 0.4) is 0 Å². The number of Topliss-reactive ketones (excluding diaryl/α,β-unsaturated/α-hetero) is 1. The maximum absolute atomic E-state index is 13.9. The fourth-order valence-corrected chi connectivity index (χ4v) is 5.79. The molecule has 0 bridgehead atoms. The summed E-state index contributed by atoms with van der Waals surface area (Å²) in [6, 6.07) is 18.5. The van der Waals surface area contributed by atoms with Gasteiger partial charge in [-0.25, -0.2) is 0 Å². The van der Waals surface area contributed by atoms with Crippen LogP contribution in [-0.4, -0.2) is 20.0 Å². The van der Waals surface area contributed by atoms with Crippen molar-refractivity contribution >= 4 is 17.9 Å². The average Bonchev–Trinajstić information content (AvgIpc) is 3.25. The summed E-state index contributed by atoms with van der Waals surface area (Å²) in [7, 11) is 3.19. The molecule has 184 valence electrons. The highest BCUT2D eigenvalue weighted by Crippen LogP contribution is 2.36. The van der Waals surface area contributed by atoms with Gasteiger partial charge in [-0.1, -0.05) is 60.7 Å². The Morgan fingerprint density at radius 3 is 2.62 bits per heavy atom. The van der Waals surface area contributed by atoms with Crippen molar-refractivity contribution < 1.29 is 14.3 Å². The molecular weight excluding hydrogens is 458 g/mol. The molecule has 6 rings (SSSR count). The van der Waals surface area contributed by atoms with Gasteiger partial charge in [-0.05, 0) is 75.9 Å². The van der Waals surface area contributed by atoms with E-state index in [0.29, 0.717) is 23.5 Å². The van der Waals surface area contributed by atoms with Crippen LogP contribution in [0.15, 0.2) is 90.8 Å². The van der Waals surface area contributed by atoms with Gasteiger partial charge in [0.2, 0.25) is 0 Å². The van der Waals surface area contributed by atoms with E-state index in [0.717, 1.165) is 12.1 Å². The Balaban J connectivity index is 1.51.